The molecule has 27 heavy (non-hydrogen) atoms. The molecule has 3 rings (SSSR count). The minimum atomic E-state index is -5.86. The Morgan fingerprint density at radius 2 is 1.70 bits per heavy atom. The summed E-state index contributed by atoms with van der Waals surface area (Å²) in [6.07, 6.45) is -3.24. The summed E-state index contributed by atoms with van der Waals surface area (Å²) in [6, 6.07) is 2.38. The minimum Gasteiger partial charge on any atom is -0.256 e. The number of benzene rings is 1. The molecule has 3 nitrogen and oxygen atoms in total. The van der Waals surface area contributed by atoms with Crippen LogP contribution in [0.3, 0.4) is 0 Å². The predicted octanol–water partition coefficient (Wildman–Crippen LogP) is 5.44. The lowest BCUT2D eigenvalue weighted by Gasteiger charge is -2.38. The van der Waals surface area contributed by atoms with Gasteiger partial charge in [-0.3, -0.25) is 10.0 Å². The number of hydrazine groups is 1. The van der Waals surface area contributed by atoms with Gasteiger partial charge < -0.3 is 0 Å². The first kappa shape index (κ1) is 19.5. The highest BCUT2D eigenvalue weighted by Gasteiger charge is 2.65. The van der Waals surface area contributed by atoms with Crippen LogP contribution in [0.5, 0.6) is 0 Å². The van der Waals surface area contributed by atoms with Gasteiger partial charge in [-0.1, -0.05) is 15.9 Å². The molecule has 0 spiro atoms. The molecule has 1 unspecified atom stereocenters. The number of halogens is 8. The summed E-state index contributed by atoms with van der Waals surface area (Å²) in [6.45, 7) is 0. The van der Waals surface area contributed by atoms with Crippen molar-refractivity contribution < 1.29 is 30.7 Å². The van der Waals surface area contributed by atoms with E-state index in [1.807, 2.05) is 0 Å². The average Bonchev–Trinajstić information content (AvgIpc) is 2.99. The number of hydrogen-bond acceptors (Lipinski definition) is 3. The van der Waals surface area contributed by atoms with Crippen LogP contribution >= 0.6 is 15.9 Å². The third-order valence-electron chi connectivity index (χ3n) is 3.75. The van der Waals surface area contributed by atoms with Crippen LogP contribution < -0.4 is 10.0 Å². The maximum absolute atomic E-state index is 14.1. The third-order valence-corrected chi connectivity index (χ3v) is 4.25. The van der Waals surface area contributed by atoms with Gasteiger partial charge >= 0.3 is 12.1 Å². The maximum atomic E-state index is 14.1. The molecule has 0 saturated heterocycles. The fraction of sp³-hybridized carbons (Fsp3) is 0.188. The monoisotopic (exact) mass is 455 g/mol. The molecule has 1 aromatic carbocycles. The van der Waals surface area contributed by atoms with Gasteiger partial charge in [-0.05, 0) is 30.3 Å². The predicted molar refractivity (Wildman–Crippen MR) is 87.2 cm³/mol. The van der Waals surface area contributed by atoms with E-state index < -0.39 is 35.5 Å². The van der Waals surface area contributed by atoms with Gasteiger partial charge in [0.2, 0.25) is 0 Å². The summed E-state index contributed by atoms with van der Waals surface area (Å²) in [7, 11) is 0. The summed E-state index contributed by atoms with van der Waals surface area (Å²) in [5.41, 5.74) is -0.421. The summed E-state index contributed by atoms with van der Waals surface area (Å²) < 4.78 is 94.6. The highest BCUT2D eigenvalue weighted by atomic mass is 79.9. The lowest BCUT2D eigenvalue weighted by atomic mass is 10.1. The van der Waals surface area contributed by atoms with Crippen LogP contribution in [0.25, 0.3) is 0 Å². The van der Waals surface area contributed by atoms with Crippen molar-refractivity contribution in [3.8, 4) is 0 Å². The summed E-state index contributed by atoms with van der Waals surface area (Å²) >= 11 is 3.08. The van der Waals surface area contributed by atoms with Crippen LogP contribution in [0, 0.1) is 11.6 Å². The minimum absolute atomic E-state index is 0.299. The molecule has 2 heterocycles. The van der Waals surface area contributed by atoms with Crippen LogP contribution in [-0.4, -0.2) is 23.1 Å². The number of aromatic nitrogens is 1. The molecular formula is C16H9BrF7N3. The molecule has 1 atom stereocenters. The van der Waals surface area contributed by atoms with Gasteiger partial charge in [0.1, 0.15) is 17.7 Å². The van der Waals surface area contributed by atoms with Crippen molar-refractivity contribution in [3.05, 3.63) is 64.9 Å². The topological polar surface area (TPSA) is 19.4 Å². The molecule has 1 aliphatic heterocycles. The van der Waals surface area contributed by atoms with Crippen LogP contribution in [0.2, 0.25) is 0 Å². The molecule has 11 heteroatoms. The Balaban J connectivity index is 2.13. The number of nitrogens with zero attached hydrogens (tertiary/aromatic N) is 3. The Labute approximate surface area is 156 Å². The molecule has 0 fully saturated rings. The third kappa shape index (κ3) is 3.47. The quantitative estimate of drug-likeness (QED) is 0.574. The molecule has 1 aliphatic rings. The van der Waals surface area contributed by atoms with Gasteiger partial charge in [0, 0.05) is 22.9 Å². The van der Waals surface area contributed by atoms with E-state index >= 15 is 0 Å². The summed E-state index contributed by atoms with van der Waals surface area (Å²) in [4.78, 5) is 3.81. The van der Waals surface area contributed by atoms with Crippen molar-refractivity contribution in [3.63, 3.8) is 0 Å². The van der Waals surface area contributed by atoms with Crippen molar-refractivity contribution in [1.29, 1.82) is 0 Å². The molecule has 0 radical (unpaired) electrons. The van der Waals surface area contributed by atoms with Crippen LogP contribution in [-0.2, 0) is 0 Å². The van der Waals surface area contributed by atoms with Crippen molar-refractivity contribution in [1.82, 2.24) is 4.98 Å². The first-order chi connectivity index (χ1) is 12.5. The standard InChI is InChI=1S/C16H9BrF7N3/c17-9-3-5-25-14(7-9)27-13(15(20,21)16(22,23)24)4-6-26(27)12-2-1-10(18)8-11(12)19/h1-8,13H. The number of rotatable bonds is 3. The SMILES string of the molecule is Fc1ccc(N2C=CC(C(F)(F)C(F)(F)F)N2c2cc(Br)ccn2)c(F)c1. The molecule has 2 aromatic rings. The summed E-state index contributed by atoms with van der Waals surface area (Å²) in [5.74, 6) is -7.54. The molecule has 1 aromatic heterocycles. The van der Waals surface area contributed by atoms with Crippen LogP contribution in [0.4, 0.5) is 42.2 Å². The van der Waals surface area contributed by atoms with Gasteiger partial charge in [0.25, 0.3) is 0 Å². The molecule has 0 saturated carbocycles. The van der Waals surface area contributed by atoms with E-state index in [0.717, 1.165) is 23.3 Å². The molecular weight excluding hydrogens is 447 g/mol. The largest absolute Gasteiger partial charge is 0.455 e. The van der Waals surface area contributed by atoms with Gasteiger partial charge in [0.15, 0.2) is 5.82 Å². The summed E-state index contributed by atoms with van der Waals surface area (Å²) in [5, 5.41) is 1.22. The van der Waals surface area contributed by atoms with Crippen molar-refractivity contribution in [2.24, 2.45) is 0 Å². The second-order valence-electron chi connectivity index (χ2n) is 5.52. The highest BCUT2D eigenvalue weighted by molar-refractivity contribution is 9.10. The second kappa shape index (κ2) is 6.70. The lowest BCUT2D eigenvalue weighted by Crippen LogP contribution is -2.56. The van der Waals surface area contributed by atoms with Gasteiger partial charge in [0.05, 0.1) is 5.69 Å². The van der Waals surface area contributed by atoms with E-state index in [1.165, 1.54) is 18.3 Å². The maximum Gasteiger partial charge on any atom is 0.455 e. The number of anilines is 2. The molecule has 0 bridgehead atoms. The normalized spacial score (nSPS) is 17.7. The van der Waals surface area contributed by atoms with Gasteiger partial charge in [-0.2, -0.15) is 22.0 Å². The Bertz CT molecular complexity index is 885. The molecule has 144 valence electrons. The number of hydrogen-bond donors (Lipinski definition) is 0. The van der Waals surface area contributed by atoms with Crippen molar-refractivity contribution in [2.75, 3.05) is 10.0 Å². The Kier molecular flexibility index (Phi) is 4.83. The zero-order valence-corrected chi connectivity index (χ0v) is 14.6. The smallest absolute Gasteiger partial charge is 0.256 e. The van der Waals surface area contributed by atoms with Gasteiger partial charge in [-0.25, -0.2) is 13.8 Å². The highest BCUT2D eigenvalue weighted by Crippen LogP contribution is 2.45. The van der Waals surface area contributed by atoms with Crippen molar-refractivity contribution in [2.45, 2.75) is 18.1 Å². The van der Waals surface area contributed by atoms with E-state index in [2.05, 4.69) is 20.9 Å². The zero-order valence-electron chi connectivity index (χ0n) is 13.1. The van der Waals surface area contributed by atoms with E-state index in [9.17, 15) is 30.7 Å². The Morgan fingerprint density at radius 3 is 2.30 bits per heavy atom. The van der Waals surface area contributed by atoms with E-state index in [1.54, 1.807) is 0 Å². The van der Waals surface area contributed by atoms with E-state index in [0.29, 0.717) is 21.6 Å². The number of pyridine rings is 1. The first-order valence-corrected chi connectivity index (χ1v) is 8.09. The van der Waals surface area contributed by atoms with E-state index in [-0.39, 0.29) is 5.82 Å². The Morgan fingerprint density at radius 1 is 1.00 bits per heavy atom. The lowest BCUT2D eigenvalue weighted by molar-refractivity contribution is -0.285. The van der Waals surface area contributed by atoms with Gasteiger partial charge in [-0.15, -0.1) is 0 Å². The zero-order chi connectivity index (χ0) is 20.0. The fourth-order valence-corrected chi connectivity index (χ4v) is 2.85. The van der Waals surface area contributed by atoms with Crippen LogP contribution in [0.1, 0.15) is 0 Å². The average molecular weight is 456 g/mol. The number of alkyl halides is 5. The molecule has 0 aliphatic carbocycles. The molecule has 0 N–H and O–H groups in total. The van der Waals surface area contributed by atoms with Crippen molar-refractivity contribution >= 4 is 27.4 Å². The Hall–Kier alpha value is -2.30. The second-order valence-corrected chi connectivity index (χ2v) is 6.44. The molecule has 0 amide bonds. The fourth-order valence-electron chi connectivity index (χ4n) is 2.53. The van der Waals surface area contributed by atoms with E-state index in [4.69, 9.17) is 0 Å². The first-order valence-electron chi connectivity index (χ1n) is 7.30. The van der Waals surface area contributed by atoms with Crippen LogP contribution in [0.15, 0.2) is 53.3 Å².